The lowest BCUT2D eigenvalue weighted by molar-refractivity contribution is -0.126. The highest BCUT2D eigenvalue weighted by Gasteiger charge is 2.54. The highest BCUT2D eigenvalue weighted by Crippen LogP contribution is 2.61. The third kappa shape index (κ3) is 1.10. The van der Waals surface area contributed by atoms with E-state index in [1.54, 1.807) is 0 Å². The summed E-state index contributed by atoms with van der Waals surface area (Å²) in [6.45, 7) is 0.762. The molecule has 0 aromatic carbocycles. The topological polar surface area (TPSA) is 40.5 Å². The smallest absolute Gasteiger partial charge is 0.0487 e. The first-order valence-corrected chi connectivity index (χ1v) is 5.98. The van der Waals surface area contributed by atoms with Crippen molar-refractivity contribution in [1.29, 1.82) is 0 Å². The second-order valence-electron chi connectivity index (χ2n) is 5.97. The second kappa shape index (κ2) is 2.96. The van der Waals surface area contributed by atoms with Gasteiger partial charge in [0.25, 0.3) is 0 Å². The molecule has 2 nitrogen and oxygen atoms in total. The molecule has 14 heavy (non-hydrogen) atoms. The summed E-state index contributed by atoms with van der Waals surface area (Å²) in [5.74, 6) is 2.87. The van der Waals surface area contributed by atoms with Gasteiger partial charge < -0.3 is 10.2 Å². The van der Waals surface area contributed by atoms with Crippen LogP contribution >= 0.6 is 0 Å². The molecule has 0 aliphatic heterocycles. The van der Waals surface area contributed by atoms with Crippen molar-refractivity contribution in [1.82, 2.24) is 0 Å². The Balaban J connectivity index is 1.88. The molecule has 0 amide bonds. The van der Waals surface area contributed by atoms with Crippen LogP contribution in [0.5, 0.6) is 0 Å². The summed E-state index contributed by atoms with van der Waals surface area (Å²) < 4.78 is 0. The van der Waals surface area contributed by atoms with Crippen LogP contribution in [0.3, 0.4) is 0 Å². The normalized spacial score (nSPS) is 55.3. The summed E-state index contributed by atoms with van der Waals surface area (Å²) in [6, 6.07) is 0. The minimum absolute atomic E-state index is 0.266. The Kier molecular flexibility index (Phi) is 1.94. The van der Waals surface area contributed by atoms with Crippen molar-refractivity contribution < 1.29 is 10.2 Å². The molecule has 2 N–H and O–H groups in total. The molecular formula is C12H20O2. The van der Waals surface area contributed by atoms with E-state index in [1.807, 2.05) is 0 Å². The summed E-state index contributed by atoms with van der Waals surface area (Å²) in [4.78, 5) is 0. The fourth-order valence-electron chi connectivity index (χ4n) is 4.79. The second-order valence-corrected chi connectivity index (χ2v) is 5.97. The van der Waals surface area contributed by atoms with Crippen LogP contribution in [0.1, 0.15) is 32.1 Å². The first-order chi connectivity index (χ1) is 6.76. The van der Waals surface area contributed by atoms with Crippen molar-refractivity contribution in [2.24, 2.45) is 29.1 Å². The van der Waals surface area contributed by atoms with E-state index < -0.39 is 0 Å². The lowest BCUT2D eigenvalue weighted by Gasteiger charge is -2.59. The number of rotatable bonds is 2. The predicted molar refractivity (Wildman–Crippen MR) is 53.6 cm³/mol. The van der Waals surface area contributed by atoms with Gasteiger partial charge in [-0.05, 0) is 61.2 Å². The fourth-order valence-corrected chi connectivity index (χ4v) is 4.79. The molecule has 0 saturated heterocycles. The maximum absolute atomic E-state index is 9.53. The molecule has 0 aromatic heterocycles. The molecule has 4 bridgehead atoms. The molecule has 2 atom stereocenters. The molecule has 0 heterocycles. The zero-order valence-corrected chi connectivity index (χ0v) is 8.65. The van der Waals surface area contributed by atoms with Crippen LogP contribution in [0, 0.1) is 29.1 Å². The lowest BCUT2D eigenvalue weighted by Crippen LogP contribution is -2.53. The van der Waals surface area contributed by atoms with E-state index in [2.05, 4.69) is 0 Å². The van der Waals surface area contributed by atoms with Crippen LogP contribution in [-0.4, -0.2) is 23.4 Å². The van der Waals surface area contributed by atoms with Gasteiger partial charge in [0.05, 0.1) is 0 Å². The molecule has 4 aliphatic carbocycles. The van der Waals surface area contributed by atoms with Gasteiger partial charge in [-0.15, -0.1) is 0 Å². The van der Waals surface area contributed by atoms with Crippen molar-refractivity contribution in [3.63, 3.8) is 0 Å². The van der Waals surface area contributed by atoms with Gasteiger partial charge in [-0.1, -0.05) is 0 Å². The number of hydrogen-bond acceptors (Lipinski definition) is 2. The van der Waals surface area contributed by atoms with E-state index in [9.17, 15) is 10.2 Å². The summed E-state index contributed by atoms with van der Waals surface area (Å²) >= 11 is 0. The van der Waals surface area contributed by atoms with E-state index in [-0.39, 0.29) is 5.41 Å². The van der Waals surface area contributed by atoms with Gasteiger partial charge in [0.1, 0.15) is 0 Å². The number of aliphatic hydroxyl groups is 2. The molecule has 80 valence electrons. The van der Waals surface area contributed by atoms with E-state index in [0.29, 0.717) is 19.1 Å². The van der Waals surface area contributed by atoms with Gasteiger partial charge >= 0.3 is 0 Å². The molecule has 4 rings (SSSR count). The van der Waals surface area contributed by atoms with Crippen LogP contribution < -0.4 is 0 Å². The summed E-state index contributed by atoms with van der Waals surface area (Å²) in [7, 11) is 0. The Bertz CT molecular complexity index is 222. The zero-order chi connectivity index (χ0) is 9.76. The fraction of sp³-hybridized carbons (Fsp3) is 1.00. The van der Waals surface area contributed by atoms with Crippen molar-refractivity contribution in [3.05, 3.63) is 0 Å². The first kappa shape index (κ1) is 9.17. The third-order valence-corrected chi connectivity index (χ3v) is 5.14. The van der Waals surface area contributed by atoms with Crippen LogP contribution in [0.15, 0.2) is 0 Å². The maximum Gasteiger partial charge on any atom is 0.0487 e. The highest BCUT2D eigenvalue weighted by atomic mass is 16.3. The van der Waals surface area contributed by atoms with E-state index in [4.69, 9.17) is 0 Å². The Hall–Kier alpha value is -0.0800. The molecular weight excluding hydrogens is 176 g/mol. The highest BCUT2D eigenvalue weighted by molar-refractivity contribution is 5.04. The average molecular weight is 196 g/mol. The van der Waals surface area contributed by atoms with Crippen molar-refractivity contribution in [2.75, 3.05) is 13.2 Å². The molecule has 4 saturated carbocycles. The molecule has 2 heteroatoms. The van der Waals surface area contributed by atoms with E-state index in [0.717, 1.165) is 17.8 Å². The van der Waals surface area contributed by atoms with Crippen molar-refractivity contribution in [2.45, 2.75) is 32.1 Å². The van der Waals surface area contributed by atoms with Gasteiger partial charge in [-0.3, -0.25) is 0 Å². The van der Waals surface area contributed by atoms with Crippen molar-refractivity contribution >= 4 is 0 Å². The molecule has 4 aliphatic rings. The van der Waals surface area contributed by atoms with Gasteiger partial charge in [0.15, 0.2) is 0 Å². The number of hydrogen-bond donors (Lipinski definition) is 2. The average Bonchev–Trinajstić information content (AvgIpc) is 2.17. The van der Waals surface area contributed by atoms with Gasteiger partial charge in [0.2, 0.25) is 0 Å². The van der Waals surface area contributed by atoms with Crippen LogP contribution in [0.4, 0.5) is 0 Å². The Morgan fingerprint density at radius 2 is 1.64 bits per heavy atom. The number of aliphatic hydroxyl groups excluding tert-OH is 2. The first-order valence-electron chi connectivity index (χ1n) is 5.98. The molecule has 0 radical (unpaired) electrons. The molecule has 2 unspecified atom stereocenters. The summed E-state index contributed by atoms with van der Waals surface area (Å²) in [5, 5.41) is 18.9. The minimum Gasteiger partial charge on any atom is -0.396 e. The standard InChI is InChI=1S/C12H20O2/c13-6-11-9-1-8-2-10(11)5-12(3-8,4-9)7-14/h8-11,13-14H,1-7H2. The zero-order valence-electron chi connectivity index (χ0n) is 8.65. The van der Waals surface area contributed by atoms with Gasteiger partial charge in [0, 0.05) is 13.2 Å². The monoisotopic (exact) mass is 196 g/mol. The van der Waals surface area contributed by atoms with Gasteiger partial charge in [-0.25, -0.2) is 0 Å². The molecule has 0 spiro atoms. The lowest BCUT2D eigenvalue weighted by atomic mass is 9.46. The van der Waals surface area contributed by atoms with Gasteiger partial charge in [-0.2, -0.15) is 0 Å². The Labute approximate surface area is 85.3 Å². The van der Waals surface area contributed by atoms with E-state index >= 15 is 0 Å². The molecule has 4 fully saturated rings. The van der Waals surface area contributed by atoms with Crippen LogP contribution in [-0.2, 0) is 0 Å². The van der Waals surface area contributed by atoms with E-state index in [1.165, 1.54) is 32.1 Å². The van der Waals surface area contributed by atoms with Crippen molar-refractivity contribution in [3.8, 4) is 0 Å². The minimum atomic E-state index is 0.266. The molecule has 0 aromatic rings. The Morgan fingerprint density at radius 1 is 1.00 bits per heavy atom. The Morgan fingerprint density at radius 3 is 2.14 bits per heavy atom. The van der Waals surface area contributed by atoms with Crippen LogP contribution in [0.25, 0.3) is 0 Å². The quantitative estimate of drug-likeness (QED) is 0.701. The predicted octanol–water partition coefficient (Wildman–Crippen LogP) is 1.41. The maximum atomic E-state index is 9.53. The SMILES string of the molecule is OCC1C2CC3CC1CC(CO)(C3)C2. The third-order valence-electron chi connectivity index (χ3n) is 5.14. The largest absolute Gasteiger partial charge is 0.396 e. The summed E-state index contributed by atoms with van der Waals surface area (Å²) in [6.07, 6.45) is 6.27. The van der Waals surface area contributed by atoms with Crippen LogP contribution in [0.2, 0.25) is 0 Å². The summed E-state index contributed by atoms with van der Waals surface area (Å²) in [5.41, 5.74) is 0.266.